The van der Waals surface area contributed by atoms with Crippen LogP contribution in [0.2, 0.25) is 0 Å². The molecule has 0 bridgehead atoms. The van der Waals surface area contributed by atoms with E-state index >= 15 is 0 Å². The minimum absolute atomic E-state index is 0.350. The molecule has 3 rings (SSSR count). The molecule has 3 N–H and O–H groups in total. The molecule has 0 unspecified atom stereocenters. The van der Waals surface area contributed by atoms with Gasteiger partial charge in [0.25, 0.3) is 0 Å². The quantitative estimate of drug-likeness (QED) is 0.834. The SMILES string of the molecule is Cc1nc(CNc2nc3c(cc2C(N)=S)CCCC3)no1. The Balaban J connectivity index is 1.87. The Morgan fingerprint density at radius 2 is 2.19 bits per heavy atom. The zero-order chi connectivity index (χ0) is 14.8. The van der Waals surface area contributed by atoms with E-state index in [2.05, 4.69) is 21.5 Å². The molecule has 0 aliphatic heterocycles. The number of thiocarbonyl (C=S) groups is 1. The molecule has 1 aliphatic rings. The monoisotopic (exact) mass is 303 g/mol. The van der Waals surface area contributed by atoms with Gasteiger partial charge in [-0.2, -0.15) is 4.98 Å². The van der Waals surface area contributed by atoms with E-state index in [0.29, 0.717) is 29.1 Å². The zero-order valence-corrected chi connectivity index (χ0v) is 12.7. The Hall–Kier alpha value is -2.02. The summed E-state index contributed by atoms with van der Waals surface area (Å²) in [7, 11) is 0. The third kappa shape index (κ3) is 3.02. The van der Waals surface area contributed by atoms with Gasteiger partial charge in [0.2, 0.25) is 5.89 Å². The summed E-state index contributed by atoms with van der Waals surface area (Å²) < 4.78 is 4.95. The van der Waals surface area contributed by atoms with Gasteiger partial charge in [-0.05, 0) is 37.3 Å². The van der Waals surface area contributed by atoms with Crippen LogP contribution in [0, 0.1) is 6.92 Å². The van der Waals surface area contributed by atoms with Gasteiger partial charge in [0.05, 0.1) is 12.1 Å². The number of aromatic nitrogens is 3. The molecule has 6 nitrogen and oxygen atoms in total. The summed E-state index contributed by atoms with van der Waals surface area (Å²) in [5.41, 5.74) is 8.99. The topological polar surface area (TPSA) is 89.9 Å². The fourth-order valence-electron chi connectivity index (χ4n) is 2.53. The summed E-state index contributed by atoms with van der Waals surface area (Å²) in [5.74, 6) is 1.83. The molecule has 2 aromatic heterocycles. The number of anilines is 1. The third-order valence-electron chi connectivity index (χ3n) is 3.55. The molecule has 7 heteroatoms. The number of nitrogens with zero attached hydrogens (tertiary/aromatic N) is 3. The molecule has 1 aliphatic carbocycles. The van der Waals surface area contributed by atoms with Gasteiger partial charge in [0.15, 0.2) is 5.82 Å². The van der Waals surface area contributed by atoms with E-state index < -0.39 is 0 Å². The van der Waals surface area contributed by atoms with Crippen molar-refractivity contribution in [2.45, 2.75) is 39.2 Å². The van der Waals surface area contributed by atoms with Crippen LogP contribution in [0.3, 0.4) is 0 Å². The van der Waals surface area contributed by atoms with Crippen LogP contribution in [0.5, 0.6) is 0 Å². The summed E-state index contributed by atoms with van der Waals surface area (Å²) in [6.07, 6.45) is 4.42. The zero-order valence-electron chi connectivity index (χ0n) is 11.8. The summed E-state index contributed by atoms with van der Waals surface area (Å²) in [6.45, 7) is 2.19. The van der Waals surface area contributed by atoms with E-state index in [1.807, 2.05) is 0 Å². The maximum absolute atomic E-state index is 5.82. The van der Waals surface area contributed by atoms with Crippen LogP contribution >= 0.6 is 12.2 Å². The first-order valence-corrected chi connectivity index (χ1v) is 7.40. The molecule has 0 amide bonds. The molecule has 2 aromatic rings. The van der Waals surface area contributed by atoms with Crippen LogP contribution in [0.25, 0.3) is 0 Å². The van der Waals surface area contributed by atoms with Crippen LogP contribution < -0.4 is 11.1 Å². The minimum Gasteiger partial charge on any atom is -0.389 e. The standard InChI is InChI=1S/C14H17N5OS/c1-8-17-12(19-20-8)7-16-14-10(13(15)21)6-9-4-2-3-5-11(9)18-14/h6H,2-5,7H2,1H3,(H2,15,21)(H,16,18). The highest BCUT2D eigenvalue weighted by Gasteiger charge is 2.16. The second-order valence-corrected chi connectivity index (χ2v) is 5.58. The van der Waals surface area contributed by atoms with Gasteiger partial charge in [0, 0.05) is 12.6 Å². The average molecular weight is 303 g/mol. The lowest BCUT2D eigenvalue weighted by atomic mass is 9.94. The fraction of sp³-hybridized carbons (Fsp3) is 0.429. The largest absolute Gasteiger partial charge is 0.389 e. The van der Waals surface area contributed by atoms with Crippen LogP contribution in [-0.2, 0) is 19.4 Å². The summed E-state index contributed by atoms with van der Waals surface area (Å²) >= 11 is 5.14. The number of hydrogen-bond donors (Lipinski definition) is 2. The molecule has 0 spiro atoms. The van der Waals surface area contributed by atoms with Crippen molar-refractivity contribution in [1.29, 1.82) is 0 Å². The first-order chi connectivity index (χ1) is 10.1. The van der Waals surface area contributed by atoms with Gasteiger partial charge in [-0.1, -0.05) is 17.4 Å². The van der Waals surface area contributed by atoms with Crippen molar-refractivity contribution in [3.8, 4) is 0 Å². The van der Waals surface area contributed by atoms with Gasteiger partial charge < -0.3 is 15.6 Å². The van der Waals surface area contributed by atoms with Gasteiger partial charge in [-0.15, -0.1) is 0 Å². The Morgan fingerprint density at radius 3 is 2.90 bits per heavy atom. The number of fused-ring (bicyclic) bond motifs is 1. The number of rotatable bonds is 4. The predicted molar refractivity (Wildman–Crippen MR) is 83.1 cm³/mol. The van der Waals surface area contributed by atoms with Crippen LogP contribution in [0.1, 0.15) is 41.4 Å². The average Bonchev–Trinajstić information content (AvgIpc) is 2.89. The van der Waals surface area contributed by atoms with Crippen molar-refractivity contribution in [3.05, 3.63) is 34.6 Å². The fourth-order valence-corrected chi connectivity index (χ4v) is 2.69. The van der Waals surface area contributed by atoms with Gasteiger partial charge >= 0.3 is 0 Å². The first kappa shape index (κ1) is 13.9. The highest BCUT2D eigenvalue weighted by Crippen LogP contribution is 2.25. The molecule has 21 heavy (non-hydrogen) atoms. The van der Waals surface area contributed by atoms with Crippen molar-refractivity contribution in [2.75, 3.05) is 5.32 Å². The maximum atomic E-state index is 5.82. The van der Waals surface area contributed by atoms with Crippen molar-refractivity contribution in [1.82, 2.24) is 15.1 Å². The second kappa shape index (κ2) is 5.77. The molecular weight excluding hydrogens is 286 g/mol. The molecule has 0 aromatic carbocycles. The lowest BCUT2D eigenvalue weighted by Crippen LogP contribution is -2.18. The lowest BCUT2D eigenvalue weighted by molar-refractivity contribution is 0.388. The van der Waals surface area contributed by atoms with Gasteiger partial charge in [-0.3, -0.25) is 0 Å². The van der Waals surface area contributed by atoms with Crippen molar-refractivity contribution in [2.24, 2.45) is 5.73 Å². The number of nitrogens with two attached hydrogens (primary N) is 1. The summed E-state index contributed by atoms with van der Waals surface area (Å²) in [6, 6.07) is 2.06. The Labute approximate surface area is 128 Å². The van der Waals surface area contributed by atoms with Crippen molar-refractivity contribution >= 4 is 23.0 Å². The van der Waals surface area contributed by atoms with E-state index in [4.69, 9.17) is 27.5 Å². The molecule has 2 heterocycles. The van der Waals surface area contributed by atoms with Crippen LogP contribution in [0.4, 0.5) is 5.82 Å². The van der Waals surface area contributed by atoms with E-state index in [0.717, 1.165) is 24.1 Å². The molecule has 0 saturated heterocycles. The molecule has 110 valence electrons. The predicted octanol–water partition coefficient (Wildman–Crippen LogP) is 1.90. The number of nitrogens with one attached hydrogen (secondary N) is 1. The molecule has 0 atom stereocenters. The minimum atomic E-state index is 0.350. The van der Waals surface area contributed by atoms with Crippen molar-refractivity contribution < 1.29 is 4.52 Å². The lowest BCUT2D eigenvalue weighted by Gasteiger charge is -2.18. The van der Waals surface area contributed by atoms with E-state index in [9.17, 15) is 0 Å². The third-order valence-corrected chi connectivity index (χ3v) is 3.77. The van der Waals surface area contributed by atoms with Crippen LogP contribution in [-0.4, -0.2) is 20.1 Å². The number of pyridine rings is 1. The molecule has 0 fully saturated rings. The van der Waals surface area contributed by atoms with Crippen molar-refractivity contribution in [3.63, 3.8) is 0 Å². The maximum Gasteiger partial charge on any atom is 0.223 e. The number of hydrogen-bond acceptors (Lipinski definition) is 6. The van der Waals surface area contributed by atoms with Gasteiger partial charge in [-0.25, -0.2) is 4.98 Å². The Morgan fingerprint density at radius 1 is 1.38 bits per heavy atom. The highest BCUT2D eigenvalue weighted by molar-refractivity contribution is 7.80. The first-order valence-electron chi connectivity index (χ1n) is 6.99. The Bertz CT molecular complexity index is 682. The molecule has 0 radical (unpaired) electrons. The highest BCUT2D eigenvalue weighted by atomic mass is 32.1. The number of aryl methyl sites for hydroxylation is 3. The van der Waals surface area contributed by atoms with E-state index in [1.165, 1.54) is 18.4 Å². The molecule has 0 saturated carbocycles. The van der Waals surface area contributed by atoms with E-state index in [-0.39, 0.29) is 0 Å². The summed E-state index contributed by atoms with van der Waals surface area (Å²) in [4.78, 5) is 9.20. The second-order valence-electron chi connectivity index (χ2n) is 5.14. The molecular formula is C14H17N5OS. The normalized spacial score (nSPS) is 13.8. The van der Waals surface area contributed by atoms with E-state index in [1.54, 1.807) is 6.92 Å². The Kier molecular flexibility index (Phi) is 3.83. The summed E-state index contributed by atoms with van der Waals surface area (Å²) in [5, 5.41) is 7.06. The van der Waals surface area contributed by atoms with Gasteiger partial charge in [0.1, 0.15) is 10.8 Å². The smallest absolute Gasteiger partial charge is 0.223 e. The van der Waals surface area contributed by atoms with Crippen LogP contribution in [0.15, 0.2) is 10.6 Å².